The monoisotopic (exact) mass is 178 g/mol. The summed E-state index contributed by atoms with van der Waals surface area (Å²) in [5.41, 5.74) is 5.77. The summed E-state index contributed by atoms with van der Waals surface area (Å²) in [5, 5.41) is 10.6. The first kappa shape index (κ1) is 7.66. The van der Waals surface area contributed by atoms with Crippen LogP contribution in [-0.4, -0.2) is 23.0 Å². The summed E-state index contributed by atoms with van der Waals surface area (Å²) in [6.07, 6.45) is 4.49. The molecule has 0 fully saturated rings. The Bertz CT molecular complexity index is 391. The predicted octanol–water partition coefficient (Wildman–Crippen LogP) is -0.145. The van der Waals surface area contributed by atoms with Crippen LogP contribution in [0.3, 0.4) is 0 Å². The van der Waals surface area contributed by atoms with Gasteiger partial charge < -0.3 is 5.73 Å². The first-order valence-corrected chi connectivity index (χ1v) is 3.62. The quantitative estimate of drug-likeness (QED) is 0.447. The van der Waals surface area contributed by atoms with Crippen molar-refractivity contribution >= 4 is 12.1 Å². The molecule has 66 valence electrons. The Kier molecular flexibility index (Phi) is 1.48. The van der Waals surface area contributed by atoms with Crippen molar-refractivity contribution < 1.29 is 4.92 Å². The smallest absolute Gasteiger partial charge is 0.315 e. The van der Waals surface area contributed by atoms with Gasteiger partial charge >= 0.3 is 5.70 Å². The van der Waals surface area contributed by atoms with Crippen molar-refractivity contribution in [2.75, 3.05) is 0 Å². The van der Waals surface area contributed by atoms with E-state index in [1.807, 2.05) is 0 Å². The zero-order chi connectivity index (χ0) is 9.42. The number of fused-ring (bicyclic) bond motifs is 1. The number of hydrogen-bond acceptors (Lipinski definition) is 5. The van der Waals surface area contributed by atoms with Gasteiger partial charge in [0.1, 0.15) is 18.1 Å². The third-order valence-corrected chi connectivity index (χ3v) is 1.86. The third-order valence-electron chi connectivity index (χ3n) is 1.86. The number of rotatable bonds is 1. The van der Waals surface area contributed by atoms with Crippen molar-refractivity contribution in [3.8, 4) is 0 Å². The standard InChI is InChI=1S/C7H6N4O2/c8-4-1-2-5-6(10-3-9-5)7(4)11(12)13/h1-3,5H,8H2/t5-/m1/s1. The minimum absolute atomic E-state index is 0.130. The fourth-order valence-electron chi connectivity index (χ4n) is 1.28. The third kappa shape index (κ3) is 1.03. The van der Waals surface area contributed by atoms with E-state index < -0.39 is 4.92 Å². The van der Waals surface area contributed by atoms with Gasteiger partial charge in [0.25, 0.3) is 0 Å². The molecule has 0 amide bonds. The molecule has 0 spiro atoms. The zero-order valence-corrected chi connectivity index (χ0v) is 6.54. The second-order valence-electron chi connectivity index (χ2n) is 2.64. The lowest BCUT2D eigenvalue weighted by Gasteiger charge is -2.09. The van der Waals surface area contributed by atoms with Gasteiger partial charge in [0.05, 0.1) is 4.92 Å². The SMILES string of the molecule is NC1=C([N+](=O)[O-])C2=NC=N[C@@H]2C=C1. The summed E-state index contributed by atoms with van der Waals surface area (Å²) in [4.78, 5) is 17.8. The van der Waals surface area contributed by atoms with E-state index in [2.05, 4.69) is 9.98 Å². The van der Waals surface area contributed by atoms with Gasteiger partial charge in [-0.15, -0.1) is 0 Å². The highest BCUT2D eigenvalue weighted by molar-refractivity contribution is 6.11. The molecule has 0 aromatic carbocycles. The fourth-order valence-corrected chi connectivity index (χ4v) is 1.28. The first-order chi connectivity index (χ1) is 6.20. The van der Waals surface area contributed by atoms with Gasteiger partial charge in [-0.1, -0.05) is 6.08 Å². The van der Waals surface area contributed by atoms with Gasteiger partial charge in [0.2, 0.25) is 0 Å². The van der Waals surface area contributed by atoms with Crippen LogP contribution in [0.5, 0.6) is 0 Å². The maximum absolute atomic E-state index is 10.6. The molecule has 0 saturated heterocycles. The molecule has 0 radical (unpaired) electrons. The van der Waals surface area contributed by atoms with E-state index in [-0.39, 0.29) is 17.4 Å². The van der Waals surface area contributed by atoms with Crippen LogP contribution in [-0.2, 0) is 0 Å². The van der Waals surface area contributed by atoms with E-state index in [0.29, 0.717) is 5.71 Å². The maximum Gasteiger partial charge on any atom is 0.315 e. The van der Waals surface area contributed by atoms with Crippen LogP contribution in [0.2, 0.25) is 0 Å². The predicted molar refractivity (Wildman–Crippen MR) is 47.1 cm³/mol. The number of allylic oxidation sites excluding steroid dienone is 1. The van der Waals surface area contributed by atoms with E-state index in [1.54, 1.807) is 6.08 Å². The van der Waals surface area contributed by atoms with Gasteiger partial charge in [0, 0.05) is 0 Å². The molecule has 2 rings (SSSR count). The normalized spacial score (nSPS) is 24.6. The van der Waals surface area contributed by atoms with Gasteiger partial charge in [-0.3, -0.25) is 15.1 Å². The van der Waals surface area contributed by atoms with Gasteiger partial charge in [-0.05, 0) is 6.08 Å². The molecule has 0 aromatic rings. The summed E-state index contributed by atoms with van der Waals surface area (Å²) >= 11 is 0. The van der Waals surface area contributed by atoms with Crippen molar-refractivity contribution in [2.45, 2.75) is 6.04 Å². The van der Waals surface area contributed by atoms with Crippen molar-refractivity contribution in [1.29, 1.82) is 0 Å². The minimum Gasteiger partial charge on any atom is -0.393 e. The number of hydrogen-bond donors (Lipinski definition) is 1. The molecule has 1 heterocycles. The van der Waals surface area contributed by atoms with Gasteiger partial charge in [-0.2, -0.15) is 0 Å². The highest BCUT2D eigenvalue weighted by Gasteiger charge is 2.33. The van der Waals surface area contributed by atoms with Crippen molar-refractivity contribution in [1.82, 2.24) is 0 Å². The molecule has 0 aromatic heterocycles. The molecular weight excluding hydrogens is 172 g/mol. The number of nitrogens with zero attached hydrogens (tertiary/aromatic N) is 3. The molecule has 0 saturated carbocycles. The van der Waals surface area contributed by atoms with Crippen LogP contribution >= 0.6 is 0 Å². The van der Waals surface area contributed by atoms with E-state index in [4.69, 9.17) is 5.73 Å². The lowest BCUT2D eigenvalue weighted by Crippen LogP contribution is -2.27. The van der Waals surface area contributed by atoms with Gasteiger partial charge in [-0.25, -0.2) is 4.99 Å². The first-order valence-electron chi connectivity index (χ1n) is 3.62. The second-order valence-corrected chi connectivity index (χ2v) is 2.64. The molecule has 2 aliphatic rings. The van der Waals surface area contributed by atoms with E-state index >= 15 is 0 Å². The highest BCUT2D eigenvalue weighted by Crippen LogP contribution is 2.19. The largest absolute Gasteiger partial charge is 0.393 e. The molecule has 1 atom stereocenters. The second kappa shape index (κ2) is 2.51. The van der Waals surface area contributed by atoms with E-state index in [0.717, 1.165) is 0 Å². The molecule has 2 N–H and O–H groups in total. The molecule has 6 heteroatoms. The Balaban J connectivity index is 2.51. The molecule has 13 heavy (non-hydrogen) atoms. The van der Waals surface area contributed by atoms with E-state index in [9.17, 15) is 10.1 Å². The highest BCUT2D eigenvalue weighted by atomic mass is 16.6. The topological polar surface area (TPSA) is 93.9 Å². The Morgan fingerprint density at radius 1 is 1.62 bits per heavy atom. The number of nitro groups is 1. The molecule has 0 unspecified atom stereocenters. The zero-order valence-electron chi connectivity index (χ0n) is 6.54. The average molecular weight is 178 g/mol. The molecule has 1 aliphatic carbocycles. The summed E-state index contributed by atoms with van der Waals surface area (Å²) < 4.78 is 0. The Morgan fingerprint density at radius 3 is 3.08 bits per heavy atom. The van der Waals surface area contributed by atoms with Crippen LogP contribution in [0.4, 0.5) is 0 Å². The molecule has 6 nitrogen and oxygen atoms in total. The Hall–Kier alpha value is -1.98. The molecule has 1 aliphatic heterocycles. The maximum atomic E-state index is 10.6. The van der Waals surface area contributed by atoms with E-state index in [1.165, 1.54) is 12.4 Å². The Labute approximate surface area is 73.3 Å². The minimum atomic E-state index is -0.528. The van der Waals surface area contributed by atoms with Crippen LogP contribution in [0.25, 0.3) is 0 Å². The lowest BCUT2D eigenvalue weighted by molar-refractivity contribution is -0.416. The lowest BCUT2D eigenvalue weighted by atomic mass is 10.0. The van der Waals surface area contributed by atoms with Crippen molar-refractivity contribution in [3.05, 3.63) is 33.7 Å². The Morgan fingerprint density at radius 2 is 2.38 bits per heavy atom. The summed E-state index contributed by atoms with van der Waals surface area (Å²) in [6, 6.07) is -0.326. The summed E-state index contributed by atoms with van der Waals surface area (Å²) in [5.74, 6) is 0. The number of aliphatic imine (C=N–C) groups is 2. The van der Waals surface area contributed by atoms with Crippen LogP contribution < -0.4 is 5.73 Å². The molecular formula is C7H6N4O2. The number of nitrogens with two attached hydrogens (primary N) is 1. The fraction of sp³-hybridized carbons (Fsp3) is 0.143. The summed E-state index contributed by atoms with van der Waals surface area (Å²) in [7, 11) is 0. The van der Waals surface area contributed by atoms with Gasteiger partial charge in [0.15, 0.2) is 5.71 Å². The molecule has 0 bridgehead atoms. The van der Waals surface area contributed by atoms with Crippen LogP contribution in [0, 0.1) is 10.1 Å². The van der Waals surface area contributed by atoms with Crippen molar-refractivity contribution in [2.24, 2.45) is 15.7 Å². The van der Waals surface area contributed by atoms with Crippen molar-refractivity contribution in [3.63, 3.8) is 0 Å². The summed E-state index contributed by atoms with van der Waals surface area (Å²) in [6.45, 7) is 0. The van der Waals surface area contributed by atoms with Crippen LogP contribution in [0.1, 0.15) is 0 Å². The van der Waals surface area contributed by atoms with Crippen LogP contribution in [0.15, 0.2) is 33.5 Å². The average Bonchev–Trinajstić information content (AvgIpc) is 2.50.